The van der Waals surface area contributed by atoms with Crippen LogP contribution in [0, 0.1) is 0 Å². The van der Waals surface area contributed by atoms with E-state index in [1.165, 1.54) is 126 Å². The summed E-state index contributed by atoms with van der Waals surface area (Å²) in [5, 5.41) is 5.00. The number of benzene rings is 11. The van der Waals surface area contributed by atoms with E-state index in [1.54, 1.807) is 0 Å². The second-order valence-corrected chi connectivity index (χ2v) is 20.6. The molecular formula is C66H48BNS. The first kappa shape index (κ1) is 41.4. The molecule has 0 spiro atoms. The van der Waals surface area contributed by atoms with Crippen molar-refractivity contribution in [2.24, 2.45) is 0 Å². The van der Waals surface area contributed by atoms with Crippen molar-refractivity contribution in [1.29, 1.82) is 0 Å². The molecule has 0 amide bonds. The first-order valence-corrected chi connectivity index (χ1v) is 24.9. The van der Waals surface area contributed by atoms with Gasteiger partial charge in [0.15, 0.2) is 0 Å². The summed E-state index contributed by atoms with van der Waals surface area (Å²) in [4.78, 5) is 5.31. The molecule has 0 saturated heterocycles. The smallest absolute Gasteiger partial charge is 0.249 e. The average molecular weight is 898 g/mol. The molecule has 3 heteroatoms. The minimum absolute atomic E-state index is 0.0170. The molecule has 11 aromatic carbocycles. The fraction of sp³-hybridized carbons (Fsp3) is 0.0606. The SMILES string of the molecule is CC(C)(C)c1cc2c3c(c1)N(c1c(-c4ccccc4)cccc1-c1ccccc1)c1cc(-c4c5ccccc5c(-c5ccccc5)c5ccccc45)ccc1B3c1ccc(-c3ccccc3)cc1S2. The highest BCUT2D eigenvalue weighted by Crippen LogP contribution is 2.52. The molecule has 0 aromatic heterocycles. The van der Waals surface area contributed by atoms with Crippen LogP contribution in [0.4, 0.5) is 17.1 Å². The van der Waals surface area contributed by atoms with E-state index in [4.69, 9.17) is 0 Å². The highest BCUT2D eigenvalue weighted by atomic mass is 32.2. The molecule has 0 saturated carbocycles. The summed E-state index contributed by atoms with van der Waals surface area (Å²) in [5.41, 5.74) is 21.1. The van der Waals surface area contributed by atoms with Gasteiger partial charge in [-0.3, -0.25) is 0 Å². The standard InChI is InChI=1S/C66H48BNS/c1-66(2,3)49-41-59-64-61(42-49)69-60-40-47(43-21-8-4-9-22-43)35-38-57(60)67(64)56-37-36-48(63-54-31-18-16-29-52(54)62(46-27-14-7-15-28-46)53-30-17-19-32-55(53)63)39-58(56)68(59)65-50(44-23-10-5-11-24-44)33-20-34-51(65)45-25-12-6-13-26-45/h4-42H,1-3H3. The van der Waals surface area contributed by atoms with Crippen molar-refractivity contribution < 1.29 is 0 Å². The Morgan fingerprint density at radius 2 is 0.841 bits per heavy atom. The number of para-hydroxylation sites is 1. The summed E-state index contributed by atoms with van der Waals surface area (Å²) in [5.74, 6) is 0. The Labute approximate surface area is 409 Å². The van der Waals surface area contributed by atoms with Gasteiger partial charge in [0, 0.05) is 32.3 Å². The van der Waals surface area contributed by atoms with Gasteiger partial charge in [0.2, 0.25) is 6.71 Å². The molecule has 326 valence electrons. The van der Waals surface area contributed by atoms with Gasteiger partial charge >= 0.3 is 0 Å². The Morgan fingerprint density at radius 1 is 0.362 bits per heavy atom. The molecule has 0 bridgehead atoms. The third kappa shape index (κ3) is 6.86. The molecule has 0 aliphatic carbocycles. The van der Waals surface area contributed by atoms with Gasteiger partial charge in [-0.05, 0) is 112 Å². The monoisotopic (exact) mass is 897 g/mol. The predicted molar refractivity (Wildman–Crippen MR) is 297 cm³/mol. The van der Waals surface area contributed by atoms with Crippen molar-refractivity contribution in [3.63, 3.8) is 0 Å². The van der Waals surface area contributed by atoms with Crippen molar-refractivity contribution in [3.8, 4) is 55.6 Å². The predicted octanol–water partition coefficient (Wildman–Crippen LogP) is 16.4. The van der Waals surface area contributed by atoms with Crippen LogP contribution in [0.1, 0.15) is 26.3 Å². The molecule has 11 aromatic rings. The lowest BCUT2D eigenvalue weighted by atomic mass is 9.34. The van der Waals surface area contributed by atoms with Crippen molar-refractivity contribution in [2.45, 2.75) is 36.0 Å². The minimum atomic E-state index is -0.110. The lowest BCUT2D eigenvalue weighted by Gasteiger charge is -2.43. The summed E-state index contributed by atoms with van der Waals surface area (Å²) >= 11 is 1.94. The van der Waals surface area contributed by atoms with Crippen LogP contribution in [0.2, 0.25) is 0 Å². The highest BCUT2D eigenvalue weighted by molar-refractivity contribution is 8.00. The second-order valence-electron chi connectivity index (χ2n) is 19.6. The van der Waals surface area contributed by atoms with Crippen LogP contribution in [-0.2, 0) is 5.41 Å². The zero-order valence-electron chi connectivity index (χ0n) is 38.9. The Bertz CT molecular complexity index is 3670. The van der Waals surface area contributed by atoms with Gasteiger partial charge < -0.3 is 4.90 Å². The number of anilines is 3. The molecule has 2 aliphatic rings. The maximum absolute atomic E-state index is 2.67. The Balaban J connectivity index is 1.16. The normalized spacial score (nSPS) is 12.7. The van der Waals surface area contributed by atoms with E-state index in [2.05, 4.69) is 262 Å². The van der Waals surface area contributed by atoms with E-state index in [-0.39, 0.29) is 12.1 Å². The minimum Gasteiger partial charge on any atom is -0.310 e. The van der Waals surface area contributed by atoms with Crippen molar-refractivity contribution in [3.05, 3.63) is 242 Å². The van der Waals surface area contributed by atoms with E-state index >= 15 is 0 Å². The third-order valence-electron chi connectivity index (χ3n) is 14.5. The van der Waals surface area contributed by atoms with Gasteiger partial charge in [-0.2, -0.15) is 0 Å². The summed E-state index contributed by atoms with van der Waals surface area (Å²) in [6, 6.07) is 88.3. The highest BCUT2D eigenvalue weighted by Gasteiger charge is 2.43. The largest absolute Gasteiger partial charge is 0.310 e. The molecule has 0 unspecified atom stereocenters. The van der Waals surface area contributed by atoms with E-state index in [0.29, 0.717) is 0 Å². The first-order chi connectivity index (χ1) is 33.9. The maximum atomic E-state index is 2.67. The van der Waals surface area contributed by atoms with Crippen LogP contribution in [0.25, 0.3) is 77.2 Å². The molecule has 0 atom stereocenters. The molecule has 2 heterocycles. The van der Waals surface area contributed by atoms with Gasteiger partial charge in [0.05, 0.1) is 5.69 Å². The summed E-state index contributed by atoms with van der Waals surface area (Å²) in [6.45, 7) is 7.09. The van der Waals surface area contributed by atoms with E-state index in [1.807, 2.05) is 11.8 Å². The molecule has 13 rings (SSSR count). The average Bonchev–Trinajstić information content (AvgIpc) is 3.40. The van der Waals surface area contributed by atoms with Crippen LogP contribution >= 0.6 is 11.8 Å². The quantitative estimate of drug-likeness (QED) is 0.121. The fourth-order valence-electron chi connectivity index (χ4n) is 11.2. The van der Waals surface area contributed by atoms with Crippen LogP contribution in [-0.4, -0.2) is 6.71 Å². The number of nitrogens with zero attached hydrogens (tertiary/aromatic N) is 1. The van der Waals surface area contributed by atoms with Gasteiger partial charge in [-0.15, -0.1) is 0 Å². The van der Waals surface area contributed by atoms with E-state index < -0.39 is 0 Å². The van der Waals surface area contributed by atoms with Gasteiger partial charge in [0.1, 0.15) is 0 Å². The topological polar surface area (TPSA) is 3.24 Å². The second kappa shape index (κ2) is 16.4. The lowest BCUT2D eigenvalue weighted by Crippen LogP contribution is -2.60. The molecule has 0 radical (unpaired) electrons. The maximum Gasteiger partial charge on any atom is 0.249 e. The number of hydrogen-bond acceptors (Lipinski definition) is 2. The first-order valence-electron chi connectivity index (χ1n) is 24.1. The summed E-state index contributed by atoms with van der Waals surface area (Å²) in [6.07, 6.45) is 0. The summed E-state index contributed by atoms with van der Waals surface area (Å²) < 4.78 is 0. The number of fused-ring (bicyclic) bond motifs is 6. The van der Waals surface area contributed by atoms with Crippen molar-refractivity contribution >= 4 is 73.5 Å². The van der Waals surface area contributed by atoms with E-state index in [0.717, 1.165) is 0 Å². The van der Waals surface area contributed by atoms with Crippen molar-refractivity contribution in [2.75, 3.05) is 4.90 Å². The molecule has 69 heavy (non-hydrogen) atoms. The molecule has 0 fully saturated rings. The molecule has 1 nitrogen and oxygen atoms in total. The zero-order valence-corrected chi connectivity index (χ0v) is 39.8. The van der Waals surface area contributed by atoms with E-state index in [9.17, 15) is 0 Å². The lowest BCUT2D eigenvalue weighted by molar-refractivity contribution is 0.589. The Kier molecular flexibility index (Phi) is 9.85. The van der Waals surface area contributed by atoms with Gasteiger partial charge in [-0.25, -0.2) is 0 Å². The van der Waals surface area contributed by atoms with Crippen LogP contribution < -0.4 is 21.3 Å². The zero-order chi connectivity index (χ0) is 46.2. The van der Waals surface area contributed by atoms with Crippen LogP contribution in [0.15, 0.2) is 246 Å². The summed E-state index contributed by atoms with van der Waals surface area (Å²) in [7, 11) is 0. The molecule has 2 aliphatic heterocycles. The Morgan fingerprint density at radius 3 is 1.39 bits per heavy atom. The fourth-order valence-corrected chi connectivity index (χ4v) is 12.5. The third-order valence-corrected chi connectivity index (χ3v) is 15.6. The Hall–Kier alpha value is -7.85. The van der Waals surface area contributed by atoms with Crippen LogP contribution in [0.3, 0.4) is 0 Å². The van der Waals surface area contributed by atoms with Gasteiger partial charge in [-0.1, -0.05) is 250 Å². The molecule has 0 N–H and O–H groups in total. The number of hydrogen-bond donors (Lipinski definition) is 0. The van der Waals surface area contributed by atoms with Crippen LogP contribution in [0.5, 0.6) is 0 Å². The van der Waals surface area contributed by atoms with Gasteiger partial charge in [0.25, 0.3) is 0 Å². The van der Waals surface area contributed by atoms with Crippen molar-refractivity contribution in [1.82, 2.24) is 0 Å². The number of rotatable bonds is 6. The molecular weight excluding hydrogens is 850 g/mol.